The average molecular weight is 491 g/mol. The third-order valence-electron chi connectivity index (χ3n) is 8.43. The fourth-order valence-corrected chi connectivity index (χ4v) is 7.01. The van der Waals surface area contributed by atoms with Crippen LogP contribution in [0, 0.1) is 0 Å². The number of carbonyl (C=O) groups is 2. The van der Waals surface area contributed by atoms with Crippen molar-refractivity contribution < 1.29 is 19.1 Å². The van der Waals surface area contributed by atoms with Gasteiger partial charge in [-0.3, -0.25) is 0 Å². The van der Waals surface area contributed by atoms with Gasteiger partial charge >= 0.3 is 11.9 Å². The SMILES string of the molecule is CCCc1c2c(c(CCC)c3c1Cc1c(c(CC)c(C(=O)OC)c(C(=O)OC)c1CC)C3)CCCC2. The van der Waals surface area contributed by atoms with E-state index < -0.39 is 11.9 Å². The summed E-state index contributed by atoms with van der Waals surface area (Å²) in [5.41, 5.74) is 14.6. The fraction of sp³-hybridized carbons (Fsp3) is 0.562. The topological polar surface area (TPSA) is 52.6 Å². The number of methoxy groups -OCH3 is 2. The molecule has 2 aliphatic rings. The maximum atomic E-state index is 13.1. The minimum absolute atomic E-state index is 0.412. The Morgan fingerprint density at radius 3 is 1.25 bits per heavy atom. The van der Waals surface area contributed by atoms with Crippen LogP contribution in [0.5, 0.6) is 0 Å². The average Bonchev–Trinajstić information content (AvgIpc) is 2.91. The maximum absolute atomic E-state index is 13.1. The Bertz CT molecular complexity index is 1100. The van der Waals surface area contributed by atoms with Crippen molar-refractivity contribution in [2.45, 2.75) is 105 Å². The second-order valence-corrected chi connectivity index (χ2v) is 10.3. The number of hydrogen-bond donors (Lipinski definition) is 0. The maximum Gasteiger partial charge on any atom is 0.339 e. The number of carbonyl (C=O) groups excluding carboxylic acids is 2. The summed E-state index contributed by atoms with van der Waals surface area (Å²) in [6, 6.07) is 0. The lowest BCUT2D eigenvalue weighted by Gasteiger charge is -2.35. The van der Waals surface area contributed by atoms with E-state index in [4.69, 9.17) is 9.47 Å². The van der Waals surface area contributed by atoms with Gasteiger partial charge in [-0.25, -0.2) is 9.59 Å². The van der Waals surface area contributed by atoms with E-state index in [0.717, 1.165) is 49.7 Å². The lowest BCUT2D eigenvalue weighted by molar-refractivity contribution is 0.0553. The van der Waals surface area contributed by atoms with E-state index in [0.29, 0.717) is 24.0 Å². The van der Waals surface area contributed by atoms with Gasteiger partial charge in [0.25, 0.3) is 0 Å². The predicted molar refractivity (Wildman–Crippen MR) is 145 cm³/mol. The lowest BCUT2D eigenvalue weighted by Crippen LogP contribution is -2.26. The van der Waals surface area contributed by atoms with Crippen LogP contribution in [-0.2, 0) is 60.8 Å². The minimum Gasteiger partial charge on any atom is -0.465 e. The van der Waals surface area contributed by atoms with Crippen molar-refractivity contribution >= 4 is 11.9 Å². The van der Waals surface area contributed by atoms with Crippen LogP contribution < -0.4 is 0 Å². The van der Waals surface area contributed by atoms with Crippen LogP contribution in [0.2, 0.25) is 0 Å². The number of hydrogen-bond acceptors (Lipinski definition) is 4. The molecule has 194 valence electrons. The van der Waals surface area contributed by atoms with Crippen LogP contribution >= 0.6 is 0 Å². The zero-order chi connectivity index (χ0) is 26.0. The summed E-state index contributed by atoms with van der Waals surface area (Å²) in [6.45, 7) is 8.71. The highest BCUT2D eigenvalue weighted by Gasteiger charge is 2.35. The molecule has 2 aliphatic carbocycles. The molecule has 0 bridgehead atoms. The van der Waals surface area contributed by atoms with Gasteiger partial charge in [-0.1, -0.05) is 40.5 Å². The Morgan fingerprint density at radius 1 is 0.583 bits per heavy atom. The van der Waals surface area contributed by atoms with Crippen LogP contribution in [0.4, 0.5) is 0 Å². The fourth-order valence-electron chi connectivity index (χ4n) is 7.01. The smallest absolute Gasteiger partial charge is 0.339 e. The Morgan fingerprint density at radius 2 is 0.944 bits per heavy atom. The van der Waals surface area contributed by atoms with Gasteiger partial charge in [0.15, 0.2) is 0 Å². The Hall–Kier alpha value is -2.62. The summed E-state index contributed by atoms with van der Waals surface area (Å²) in [6.07, 6.45) is 12.4. The first-order valence-corrected chi connectivity index (χ1v) is 14.0. The van der Waals surface area contributed by atoms with Crippen LogP contribution in [0.25, 0.3) is 0 Å². The second-order valence-electron chi connectivity index (χ2n) is 10.3. The van der Waals surface area contributed by atoms with Crippen molar-refractivity contribution in [2.24, 2.45) is 0 Å². The van der Waals surface area contributed by atoms with Gasteiger partial charge in [0.05, 0.1) is 25.3 Å². The zero-order valence-electron chi connectivity index (χ0n) is 23.1. The van der Waals surface area contributed by atoms with Crippen molar-refractivity contribution in [3.8, 4) is 0 Å². The molecule has 0 radical (unpaired) electrons. The van der Waals surface area contributed by atoms with E-state index >= 15 is 0 Å². The van der Waals surface area contributed by atoms with Crippen molar-refractivity contribution in [3.05, 3.63) is 66.8 Å². The van der Waals surface area contributed by atoms with Gasteiger partial charge in [0.2, 0.25) is 0 Å². The molecule has 0 aromatic heterocycles. The van der Waals surface area contributed by atoms with Crippen LogP contribution in [0.1, 0.15) is 130 Å². The number of esters is 2. The van der Waals surface area contributed by atoms with E-state index in [-0.39, 0.29) is 0 Å². The summed E-state index contributed by atoms with van der Waals surface area (Å²) < 4.78 is 10.4. The largest absolute Gasteiger partial charge is 0.465 e. The summed E-state index contributed by atoms with van der Waals surface area (Å²) in [4.78, 5) is 26.2. The molecule has 4 rings (SSSR count). The zero-order valence-corrected chi connectivity index (χ0v) is 23.1. The molecular formula is C32H42O4. The van der Waals surface area contributed by atoms with E-state index in [1.54, 1.807) is 22.3 Å². The third-order valence-corrected chi connectivity index (χ3v) is 8.43. The molecule has 2 aromatic carbocycles. The van der Waals surface area contributed by atoms with Gasteiger partial charge in [0, 0.05) is 0 Å². The standard InChI is InChI=1S/C32H42O4/c1-7-13-21-23-15-11-12-16-24(23)22(14-8-2)28-18-26-20(10-4)30(32(34)36-6)29(31(33)35-5)19(9-3)25(26)17-27(21)28/h7-18H2,1-6H3. The molecule has 0 spiro atoms. The van der Waals surface area contributed by atoms with Gasteiger partial charge in [-0.15, -0.1) is 0 Å². The van der Waals surface area contributed by atoms with E-state index in [1.807, 2.05) is 0 Å². The molecule has 4 heteroatoms. The summed E-state index contributed by atoms with van der Waals surface area (Å²) in [5.74, 6) is -0.886. The van der Waals surface area contributed by atoms with Crippen LogP contribution in [0.15, 0.2) is 0 Å². The first kappa shape index (κ1) is 26.4. The second kappa shape index (κ2) is 11.2. The number of benzene rings is 2. The molecular weight excluding hydrogens is 448 g/mol. The molecule has 4 nitrogen and oxygen atoms in total. The predicted octanol–water partition coefficient (Wildman–Crippen LogP) is 6.66. The molecule has 36 heavy (non-hydrogen) atoms. The minimum atomic E-state index is -0.443. The van der Waals surface area contributed by atoms with Crippen molar-refractivity contribution in [1.29, 1.82) is 0 Å². The quantitative estimate of drug-likeness (QED) is 0.331. The van der Waals surface area contributed by atoms with Gasteiger partial charge in [-0.2, -0.15) is 0 Å². The highest BCUT2D eigenvalue weighted by atomic mass is 16.5. The van der Waals surface area contributed by atoms with Crippen molar-refractivity contribution in [1.82, 2.24) is 0 Å². The molecule has 0 unspecified atom stereocenters. The van der Waals surface area contributed by atoms with E-state index in [9.17, 15) is 9.59 Å². The number of ether oxygens (including phenoxy) is 2. The summed E-state index contributed by atoms with van der Waals surface area (Å²) in [7, 11) is 2.79. The highest BCUT2D eigenvalue weighted by Crippen LogP contribution is 2.43. The summed E-state index contributed by atoms with van der Waals surface area (Å²) in [5, 5.41) is 0. The Labute approximate surface area is 216 Å². The molecule has 0 aliphatic heterocycles. The van der Waals surface area contributed by atoms with Crippen molar-refractivity contribution in [2.75, 3.05) is 14.2 Å². The van der Waals surface area contributed by atoms with Crippen molar-refractivity contribution in [3.63, 3.8) is 0 Å². The van der Waals surface area contributed by atoms with Gasteiger partial charge < -0.3 is 9.47 Å². The molecule has 0 atom stereocenters. The molecule has 0 N–H and O–H groups in total. The van der Waals surface area contributed by atoms with Crippen LogP contribution in [0.3, 0.4) is 0 Å². The molecule has 0 fully saturated rings. The lowest BCUT2D eigenvalue weighted by atomic mass is 9.70. The first-order valence-electron chi connectivity index (χ1n) is 14.0. The third kappa shape index (κ3) is 4.27. The molecule has 0 saturated carbocycles. The van der Waals surface area contributed by atoms with E-state index in [2.05, 4.69) is 27.7 Å². The summed E-state index contributed by atoms with van der Waals surface area (Å²) >= 11 is 0. The highest BCUT2D eigenvalue weighted by molar-refractivity contribution is 6.06. The Balaban J connectivity index is 2.08. The van der Waals surface area contributed by atoms with Gasteiger partial charge in [-0.05, 0) is 120 Å². The monoisotopic (exact) mass is 490 g/mol. The normalized spacial score (nSPS) is 14.1. The van der Waals surface area contributed by atoms with Crippen LogP contribution in [-0.4, -0.2) is 26.2 Å². The first-order chi connectivity index (χ1) is 17.5. The Kier molecular flexibility index (Phi) is 8.22. The van der Waals surface area contributed by atoms with Gasteiger partial charge in [0.1, 0.15) is 0 Å². The van der Waals surface area contributed by atoms with E-state index in [1.165, 1.54) is 62.2 Å². The number of fused-ring (bicyclic) bond motifs is 3. The number of rotatable bonds is 8. The molecule has 0 heterocycles. The molecule has 0 saturated heterocycles. The molecule has 2 aromatic rings. The molecule has 0 amide bonds.